The molecule has 2 aliphatic rings. The van der Waals surface area contributed by atoms with E-state index in [0.29, 0.717) is 6.54 Å². The maximum atomic E-state index is 11.2. The van der Waals surface area contributed by atoms with Gasteiger partial charge in [-0.2, -0.15) is 0 Å². The molecule has 0 bridgehead atoms. The van der Waals surface area contributed by atoms with E-state index in [0.717, 1.165) is 57.0 Å². The van der Waals surface area contributed by atoms with Crippen LogP contribution in [0.1, 0.15) is 56.1 Å². The number of nitrogens with zero attached hydrogens (tertiary/aromatic N) is 2. The molecule has 5 heterocycles. The van der Waals surface area contributed by atoms with Crippen LogP contribution in [0.4, 0.5) is 0 Å². The van der Waals surface area contributed by atoms with E-state index in [-0.39, 0.29) is 30.7 Å². The van der Waals surface area contributed by atoms with Gasteiger partial charge >= 0.3 is 5.97 Å². The summed E-state index contributed by atoms with van der Waals surface area (Å²) in [5.74, 6) is -0.847. The number of hydrogen-bond acceptors (Lipinski definition) is 6. The first kappa shape index (κ1) is 36.8. The number of fused-ring (bicyclic) bond motifs is 1. The summed E-state index contributed by atoms with van der Waals surface area (Å²) in [6.07, 6.45) is 6.28. The number of carbonyl (C=O) groups is 1. The summed E-state index contributed by atoms with van der Waals surface area (Å²) in [5, 5.41) is 16.6. The van der Waals surface area contributed by atoms with Crippen LogP contribution in [0.3, 0.4) is 0 Å². The van der Waals surface area contributed by atoms with Crippen LogP contribution in [0.25, 0.3) is 5.57 Å². The number of halogens is 3. The third kappa shape index (κ3) is 9.66. The van der Waals surface area contributed by atoms with Crippen molar-refractivity contribution in [1.29, 1.82) is 0 Å². The zero-order valence-electron chi connectivity index (χ0n) is 25.2. The van der Waals surface area contributed by atoms with Crippen molar-refractivity contribution in [3.05, 3.63) is 107 Å². The fraction of sp³-hybridized carbons (Fsp3) is 0.382. The second kappa shape index (κ2) is 17.9. The Kier molecular flexibility index (Phi) is 14.9. The van der Waals surface area contributed by atoms with E-state index in [4.69, 9.17) is 11.6 Å². The van der Waals surface area contributed by atoms with Crippen LogP contribution in [-0.2, 0) is 24.3 Å². The van der Waals surface area contributed by atoms with Gasteiger partial charge in [0.15, 0.2) is 0 Å². The van der Waals surface area contributed by atoms with Crippen molar-refractivity contribution >= 4 is 82.0 Å². The van der Waals surface area contributed by atoms with Crippen LogP contribution < -0.4 is 0 Å². The van der Waals surface area contributed by atoms with E-state index in [1.54, 1.807) is 27.6 Å². The third-order valence-electron chi connectivity index (χ3n) is 8.10. The first-order valence-corrected chi connectivity index (χ1v) is 17.7. The number of aliphatic carboxylic acids is 1. The lowest BCUT2D eigenvalue weighted by molar-refractivity contribution is -0.143. The van der Waals surface area contributed by atoms with Crippen LogP contribution in [0.5, 0.6) is 0 Å². The second-order valence-electron chi connectivity index (χ2n) is 11.2. The molecule has 0 unspecified atom stereocenters. The van der Waals surface area contributed by atoms with Crippen LogP contribution >= 0.6 is 70.4 Å². The van der Waals surface area contributed by atoms with Crippen molar-refractivity contribution in [3.63, 3.8) is 0 Å². The zero-order chi connectivity index (χ0) is 29.5. The van der Waals surface area contributed by atoms with Gasteiger partial charge in [-0.25, -0.2) is 0 Å². The molecule has 1 N–H and O–H groups in total. The molecule has 4 aromatic rings. The largest absolute Gasteiger partial charge is 0.481 e. The molecule has 44 heavy (non-hydrogen) atoms. The number of carboxylic acid groups (broad SMARTS) is 1. The average molecular weight is 712 g/mol. The Morgan fingerprint density at radius 1 is 0.955 bits per heavy atom. The van der Waals surface area contributed by atoms with Gasteiger partial charge < -0.3 is 10.0 Å². The van der Waals surface area contributed by atoms with Gasteiger partial charge in [-0.05, 0) is 109 Å². The molecule has 1 atom stereocenters. The van der Waals surface area contributed by atoms with Gasteiger partial charge in [-0.1, -0.05) is 35.9 Å². The quantitative estimate of drug-likeness (QED) is 0.198. The Bertz CT molecular complexity index is 1470. The summed E-state index contributed by atoms with van der Waals surface area (Å²) in [6, 6.07) is 14.7. The maximum absolute atomic E-state index is 11.2. The summed E-state index contributed by atoms with van der Waals surface area (Å²) in [6.45, 7) is 10.1. The molecule has 0 spiro atoms. The van der Waals surface area contributed by atoms with E-state index >= 15 is 0 Å². The molecule has 3 aromatic heterocycles. The molecule has 0 aliphatic carbocycles. The lowest BCUT2D eigenvalue weighted by atomic mass is 9.98. The first-order chi connectivity index (χ1) is 20.4. The van der Waals surface area contributed by atoms with E-state index in [9.17, 15) is 9.90 Å². The lowest BCUT2D eigenvalue weighted by Gasteiger charge is -2.30. The van der Waals surface area contributed by atoms with E-state index in [1.807, 2.05) is 23.5 Å². The molecule has 1 saturated heterocycles. The average Bonchev–Trinajstić information content (AvgIpc) is 3.74. The van der Waals surface area contributed by atoms with E-state index in [2.05, 4.69) is 76.2 Å². The molecular formula is C34H41Cl3N2O2S3. The molecule has 0 radical (unpaired) electrons. The van der Waals surface area contributed by atoms with Crippen molar-refractivity contribution in [3.8, 4) is 0 Å². The van der Waals surface area contributed by atoms with Gasteiger partial charge in [-0.15, -0.1) is 58.8 Å². The first-order valence-electron chi connectivity index (χ1n) is 14.6. The molecule has 1 fully saturated rings. The molecule has 238 valence electrons. The van der Waals surface area contributed by atoms with Gasteiger partial charge in [0.1, 0.15) is 0 Å². The number of benzene rings is 1. The standard InChI is InChI=1S/C20H25NO2S2.C14H14ClNS.2ClH/c1-14-7-11-24-18(14)17(19-15(2)8-12-25-19)6-4-10-21-9-3-5-16(13-21)20(22)23;15-13-4-2-1-3-11(13)9-16-7-5-14-12(10-16)6-8-17-14;;/h6-8,11-12,16H,3-5,9-10,13H2,1-2H3,(H,22,23);1-4,6,8H,5,7,9-10H2;2*1H/t16-;;;/m1.../s1. The molecule has 10 heteroatoms. The van der Waals surface area contributed by atoms with Gasteiger partial charge in [0.25, 0.3) is 0 Å². The highest BCUT2D eigenvalue weighted by atomic mass is 35.5. The van der Waals surface area contributed by atoms with Crippen molar-refractivity contribution in [2.75, 3.05) is 26.2 Å². The van der Waals surface area contributed by atoms with E-state index < -0.39 is 5.97 Å². The van der Waals surface area contributed by atoms with Crippen molar-refractivity contribution < 1.29 is 9.90 Å². The molecule has 0 amide bonds. The maximum Gasteiger partial charge on any atom is 0.307 e. The van der Waals surface area contributed by atoms with Gasteiger partial charge in [0, 0.05) is 58.0 Å². The predicted molar refractivity (Wildman–Crippen MR) is 195 cm³/mol. The minimum Gasteiger partial charge on any atom is -0.481 e. The van der Waals surface area contributed by atoms with Gasteiger partial charge in [0.2, 0.25) is 0 Å². The summed E-state index contributed by atoms with van der Waals surface area (Å²) in [4.78, 5) is 20.3. The molecule has 4 nitrogen and oxygen atoms in total. The molecular weight excluding hydrogens is 671 g/mol. The minimum atomic E-state index is -0.649. The Morgan fingerprint density at radius 3 is 2.27 bits per heavy atom. The monoisotopic (exact) mass is 710 g/mol. The number of aryl methyl sites for hydroxylation is 2. The lowest BCUT2D eigenvalue weighted by Crippen LogP contribution is -2.39. The minimum absolute atomic E-state index is 0. The van der Waals surface area contributed by atoms with Crippen molar-refractivity contribution in [1.82, 2.24) is 9.80 Å². The number of rotatable bonds is 8. The Hall–Kier alpha value is -1.68. The summed E-state index contributed by atoms with van der Waals surface area (Å²) in [5.41, 5.74) is 6.72. The highest BCUT2D eigenvalue weighted by Crippen LogP contribution is 2.35. The molecule has 6 rings (SSSR count). The summed E-state index contributed by atoms with van der Waals surface area (Å²) >= 11 is 11.7. The number of thiophene rings is 3. The molecule has 0 saturated carbocycles. The molecule has 2 aliphatic heterocycles. The van der Waals surface area contributed by atoms with Gasteiger partial charge in [-0.3, -0.25) is 9.69 Å². The fourth-order valence-corrected chi connectivity index (χ4v) is 8.85. The number of likely N-dealkylation sites (tertiary alicyclic amines) is 1. The highest BCUT2D eigenvalue weighted by Gasteiger charge is 2.25. The van der Waals surface area contributed by atoms with Crippen LogP contribution in [0.2, 0.25) is 5.02 Å². The third-order valence-corrected chi connectivity index (χ3v) is 11.6. The van der Waals surface area contributed by atoms with Crippen LogP contribution in [-0.4, -0.2) is 47.1 Å². The number of carboxylic acids is 1. The van der Waals surface area contributed by atoms with E-state index in [1.165, 1.54) is 44.0 Å². The van der Waals surface area contributed by atoms with Gasteiger partial charge in [0.05, 0.1) is 5.92 Å². The Morgan fingerprint density at radius 2 is 1.64 bits per heavy atom. The smallest absolute Gasteiger partial charge is 0.307 e. The van der Waals surface area contributed by atoms with Crippen LogP contribution in [0.15, 0.2) is 64.7 Å². The Labute approximate surface area is 291 Å². The zero-order valence-corrected chi connectivity index (χ0v) is 30.0. The highest BCUT2D eigenvalue weighted by molar-refractivity contribution is 7.14. The number of hydrogen-bond donors (Lipinski definition) is 1. The summed E-state index contributed by atoms with van der Waals surface area (Å²) in [7, 11) is 0. The fourth-order valence-electron chi connectivity index (χ4n) is 5.75. The van der Waals surface area contributed by atoms with Crippen molar-refractivity contribution in [2.24, 2.45) is 5.92 Å². The predicted octanol–water partition coefficient (Wildman–Crippen LogP) is 9.85. The van der Waals surface area contributed by atoms with Crippen molar-refractivity contribution in [2.45, 2.75) is 52.6 Å². The Balaban J connectivity index is 0.000000244. The molecule has 1 aromatic carbocycles. The topological polar surface area (TPSA) is 43.8 Å². The normalized spacial score (nSPS) is 16.5. The summed E-state index contributed by atoms with van der Waals surface area (Å²) < 4.78 is 0. The van der Waals surface area contributed by atoms with Crippen LogP contribution in [0, 0.1) is 19.8 Å². The second-order valence-corrected chi connectivity index (χ2v) is 14.4. The number of piperidine rings is 1. The SMILES string of the molecule is Cc1ccsc1C(=CCCN1CCC[C@@H](C(=O)O)C1)c1sccc1C.Cl.Cl.Clc1ccccc1CN1CCc2sccc2C1.